The van der Waals surface area contributed by atoms with Gasteiger partial charge in [0.25, 0.3) is 0 Å². The third kappa shape index (κ3) is 24.0. The maximum absolute atomic E-state index is 11.0. The summed E-state index contributed by atoms with van der Waals surface area (Å²) in [4.78, 5) is 32.9. The van der Waals surface area contributed by atoms with Gasteiger partial charge in [-0.3, -0.25) is 0 Å². The average molecular weight is 393 g/mol. The Labute approximate surface area is 161 Å². The highest BCUT2D eigenvalue weighted by molar-refractivity contribution is 5.77. The Hall–Kier alpha value is -2.03. The van der Waals surface area contributed by atoms with Crippen molar-refractivity contribution in [3.8, 4) is 0 Å². The fourth-order valence-electron chi connectivity index (χ4n) is 1.19. The van der Waals surface area contributed by atoms with E-state index in [0.29, 0.717) is 13.0 Å². The van der Waals surface area contributed by atoms with Crippen LogP contribution in [0.5, 0.6) is 0 Å². The van der Waals surface area contributed by atoms with Crippen LogP contribution < -0.4 is 5.32 Å². The van der Waals surface area contributed by atoms with Crippen molar-refractivity contribution in [1.82, 2.24) is 5.32 Å². The summed E-state index contributed by atoms with van der Waals surface area (Å²) in [6, 6.07) is 0. The van der Waals surface area contributed by atoms with Gasteiger partial charge in [0.15, 0.2) is 0 Å². The zero-order chi connectivity index (χ0) is 21.9. The number of rotatable bonds is 3. The van der Waals surface area contributed by atoms with Gasteiger partial charge in [-0.1, -0.05) is 0 Å². The second kappa shape index (κ2) is 11.6. The molecule has 0 atom stereocenters. The van der Waals surface area contributed by atoms with Gasteiger partial charge < -0.3 is 29.4 Å². The van der Waals surface area contributed by atoms with Crippen LogP contribution in [0.2, 0.25) is 0 Å². The van der Waals surface area contributed by atoms with Gasteiger partial charge >= 0.3 is 18.4 Å². The highest BCUT2D eigenvalue weighted by Crippen LogP contribution is 2.11. The van der Waals surface area contributed by atoms with Crippen molar-refractivity contribution in [3.05, 3.63) is 0 Å². The van der Waals surface area contributed by atoms with E-state index >= 15 is 0 Å². The van der Waals surface area contributed by atoms with Gasteiger partial charge in [0, 0.05) is 13.2 Å². The molecule has 0 saturated carbocycles. The molecule has 9 heteroatoms. The van der Waals surface area contributed by atoms with Crippen molar-refractivity contribution in [1.29, 1.82) is 0 Å². The van der Waals surface area contributed by atoms with Gasteiger partial charge in [0.05, 0.1) is 0 Å². The van der Waals surface area contributed by atoms with Crippen LogP contribution in [0.1, 0.15) is 68.7 Å². The lowest BCUT2D eigenvalue weighted by Gasteiger charge is -2.20. The van der Waals surface area contributed by atoms with E-state index in [1.807, 2.05) is 0 Å². The molecule has 160 valence electrons. The minimum absolute atomic E-state index is 0.0792. The van der Waals surface area contributed by atoms with Gasteiger partial charge in [-0.05, 0) is 68.7 Å². The van der Waals surface area contributed by atoms with Gasteiger partial charge in [-0.2, -0.15) is 0 Å². The minimum atomic E-state index is -1.06. The Morgan fingerprint density at radius 2 is 1.11 bits per heavy atom. The first-order valence-corrected chi connectivity index (χ1v) is 8.67. The van der Waals surface area contributed by atoms with E-state index in [1.54, 1.807) is 62.3 Å². The van der Waals surface area contributed by atoms with Crippen LogP contribution in [0.4, 0.5) is 14.4 Å². The molecule has 0 bridgehead atoms. The molecule has 0 radical (unpaired) electrons. The molecule has 1 amide bonds. The summed E-state index contributed by atoms with van der Waals surface area (Å²) in [5.74, 6) is 0. The number of alkyl carbamates (subject to hydrolysis) is 1. The molecular weight excluding hydrogens is 358 g/mol. The van der Waals surface area contributed by atoms with Gasteiger partial charge in [-0.15, -0.1) is 0 Å². The molecule has 0 aliphatic heterocycles. The molecule has 0 aromatic heterocycles. The molecule has 0 rings (SSSR count). The summed E-state index contributed by atoms with van der Waals surface area (Å²) >= 11 is 0. The first-order valence-electron chi connectivity index (χ1n) is 8.67. The molecule has 27 heavy (non-hydrogen) atoms. The summed E-state index contributed by atoms with van der Waals surface area (Å²) in [7, 11) is 0. The van der Waals surface area contributed by atoms with Crippen LogP contribution in [-0.4, -0.2) is 53.5 Å². The van der Waals surface area contributed by atoms with Gasteiger partial charge in [0.1, 0.15) is 16.8 Å². The predicted octanol–water partition coefficient (Wildman–Crippen LogP) is 3.77. The summed E-state index contributed by atoms with van der Waals surface area (Å²) < 4.78 is 18.8. The number of hydrogen-bond donors (Lipinski definition) is 2. The molecule has 0 aliphatic rings. The lowest BCUT2D eigenvalue weighted by atomic mass is 10.2. The average Bonchev–Trinajstić information content (AvgIpc) is 2.32. The zero-order valence-corrected chi connectivity index (χ0v) is 17.9. The normalized spacial score (nSPS) is 11.5. The number of hydrogen-bond acceptors (Lipinski definition) is 8. The monoisotopic (exact) mass is 393 g/mol. The molecule has 0 aliphatic carbocycles. The quantitative estimate of drug-likeness (QED) is 0.322. The summed E-state index contributed by atoms with van der Waals surface area (Å²) in [5.41, 5.74) is -1.85. The topological polar surface area (TPSA) is 120 Å². The Kier molecular flexibility index (Phi) is 11.7. The first-order chi connectivity index (χ1) is 11.9. The fourth-order valence-corrected chi connectivity index (χ4v) is 1.19. The highest BCUT2D eigenvalue weighted by atomic mass is 16.8. The molecule has 9 nitrogen and oxygen atoms in total. The van der Waals surface area contributed by atoms with Crippen molar-refractivity contribution in [3.63, 3.8) is 0 Å². The standard InChI is InChI=1S/C10H18O5.C8H17NO3/c1-9(2,3)14-7(11)13-8(12)15-10(4,5)6;1-8(2,3)12-7(11)9-5-4-6-10/h1-6H3;10H,4-6H2,1-3H3,(H,9,11). The minimum Gasteiger partial charge on any atom is -0.444 e. The van der Waals surface area contributed by atoms with Gasteiger partial charge in [0.2, 0.25) is 0 Å². The molecule has 0 aromatic rings. The van der Waals surface area contributed by atoms with E-state index in [2.05, 4.69) is 10.1 Å². The molecule has 0 saturated heterocycles. The molecular formula is C18H35NO8. The summed E-state index contributed by atoms with van der Waals surface area (Å²) in [5, 5.41) is 10.9. The highest BCUT2D eigenvalue weighted by Gasteiger charge is 2.24. The molecule has 0 fully saturated rings. The Morgan fingerprint density at radius 1 is 0.741 bits per heavy atom. The molecule has 0 spiro atoms. The molecule has 0 unspecified atom stereocenters. The third-order valence-electron chi connectivity index (χ3n) is 1.95. The molecule has 0 heterocycles. The third-order valence-corrected chi connectivity index (χ3v) is 1.95. The number of nitrogens with one attached hydrogen (secondary N) is 1. The van der Waals surface area contributed by atoms with E-state index in [0.717, 1.165) is 0 Å². The number of carbonyl (C=O) groups excluding carboxylic acids is 3. The van der Waals surface area contributed by atoms with Crippen molar-refractivity contribution in [2.45, 2.75) is 85.5 Å². The molecule has 0 aromatic carbocycles. The van der Waals surface area contributed by atoms with E-state index < -0.39 is 35.2 Å². The van der Waals surface area contributed by atoms with Crippen LogP contribution in [0, 0.1) is 0 Å². The van der Waals surface area contributed by atoms with Crippen molar-refractivity contribution < 1.29 is 38.4 Å². The summed E-state index contributed by atoms with van der Waals surface area (Å²) in [6.07, 6.45) is -2.00. The second-order valence-corrected chi connectivity index (χ2v) is 8.54. The van der Waals surface area contributed by atoms with Crippen LogP contribution >= 0.6 is 0 Å². The smallest absolute Gasteiger partial charge is 0.444 e. The number of amides is 1. The maximum atomic E-state index is 11.0. The van der Waals surface area contributed by atoms with Crippen LogP contribution in [0.3, 0.4) is 0 Å². The van der Waals surface area contributed by atoms with Gasteiger partial charge in [-0.25, -0.2) is 14.4 Å². The fraction of sp³-hybridized carbons (Fsp3) is 0.833. The van der Waals surface area contributed by atoms with Crippen LogP contribution in [0.25, 0.3) is 0 Å². The maximum Gasteiger partial charge on any atom is 0.519 e. The molecule has 2 N–H and O–H groups in total. The Balaban J connectivity index is 0. The number of aliphatic hydroxyl groups is 1. The SMILES string of the molecule is CC(C)(C)OC(=O)NCCCO.CC(C)(C)OC(=O)OC(=O)OC(C)(C)C. The second-order valence-electron chi connectivity index (χ2n) is 8.54. The van der Waals surface area contributed by atoms with Crippen molar-refractivity contribution in [2.24, 2.45) is 0 Å². The Morgan fingerprint density at radius 3 is 1.41 bits per heavy atom. The van der Waals surface area contributed by atoms with E-state index in [1.165, 1.54) is 0 Å². The number of aliphatic hydroxyl groups excluding tert-OH is 1. The van der Waals surface area contributed by atoms with Crippen molar-refractivity contribution >= 4 is 18.4 Å². The predicted molar refractivity (Wildman–Crippen MR) is 99.5 cm³/mol. The zero-order valence-electron chi connectivity index (χ0n) is 17.9. The number of ether oxygens (including phenoxy) is 4. The van der Waals surface area contributed by atoms with Crippen LogP contribution in [0.15, 0.2) is 0 Å². The van der Waals surface area contributed by atoms with E-state index in [9.17, 15) is 14.4 Å². The van der Waals surface area contributed by atoms with Crippen LogP contribution in [-0.2, 0) is 18.9 Å². The Bertz CT molecular complexity index is 443. The lowest BCUT2D eigenvalue weighted by molar-refractivity contribution is -0.0294. The van der Waals surface area contributed by atoms with Crippen molar-refractivity contribution in [2.75, 3.05) is 13.2 Å². The lowest BCUT2D eigenvalue weighted by Crippen LogP contribution is -2.33. The summed E-state index contributed by atoms with van der Waals surface area (Å²) in [6.45, 7) is 16.0. The largest absolute Gasteiger partial charge is 0.519 e. The first kappa shape index (κ1) is 27.2. The van der Waals surface area contributed by atoms with E-state index in [-0.39, 0.29) is 6.61 Å². The van der Waals surface area contributed by atoms with E-state index in [4.69, 9.17) is 19.3 Å². The number of carbonyl (C=O) groups is 3.